The summed E-state index contributed by atoms with van der Waals surface area (Å²) >= 11 is 1.78. The van der Waals surface area contributed by atoms with Gasteiger partial charge in [0.25, 0.3) is 0 Å². The minimum absolute atomic E-state index is 0.566. The van der Waals surface area contributed by atoms with Crippen LogP contribution in [0, 0.1) is 6.92 Å². The molecule has 0 aliphatic rings. The van der Waals surface area contributed by atoms with Crippen LogP contribution in [0.3, 0.4) is 0 Å². The van der Waals surface area contributed by atoms with Gasteiger partial charge in [-0.05, 0) is 65.4 Å². The Bertz CT molecular complexity index is 502. The van der Waals surface area contributed by atoms with E-state index in [-0.39, 0.29) is 0 Å². The smallest absolute Gasteiger partial charge is 0.0314 e. The van der Waals surface area contributed by atoms with Crippen molar-refractivity contribution < 1.29 is 0 Å². The topological polar surface area (TPSA) is 38.0 Å². The largest absolute Gasteiger partial charge is 0.399 e. The lowest BCUT2D eigenvalue weighted by atomic mass is 9.97. The predicted molar refractivity (Wildman–Crippen MR) is 84.6 cm³/mol. The van der Waals surface area contributed by atoms with Crippen molar-refractivity contribution in [3.05, 3.63) is 51.7 Å². The van der Waals surface area contributed by atoms with Crippen LogP contribution in [0.15, 0.2) is 35.0 Å². The van der Waals surface area contributed by atoms with E-state index in [1.54, 1.807) is 11.3 Å². The molecule has 3 heteroatoms. The van der Waals surface area contributed by atoms with Crippen molar-refractivity contribution in [3.8, 4) is 0 Å². The molecule has 2 nitrogen and oxygen atoms in total. The quantitative estimate of drug-likeness (QED) is 0.619. The molecule has 2 aromatic rings. The van der Waals surface area contributed by atoms with E-state index < -0.39 is 0 Å². The molecule has 0 bridgehead atoms. The number of anilines is 1. The Balaban J connectivity index is 1.73. The molecule has 2 rings (SSSR count). The fourth-order valence-corrected chi connectivity index (χ4v) is 2.96. The summed E-state index contributed by atoms with van der Waals surface area (Å²) in [5, 5.41) is 7.95. The second-order valence-corrected chi connectivity index (χ2v) is 5.86. The molecule has 0 aliphatic heterocycles. The van der Waals surface area contributed by atoms with Crippen molar-refractivity contribution >= 4 is 17.0 Å². The highest BCUT2D eigenvalue weighted by Crippen LogP contribution is 2.19. The summed E-state index contributed by atoms with van der Waals surface area (Å²) in [5.74, 6) is 0.566. The van der Waals surface area contributed by atoms with Crippen LogP contribution in [0.1, 0.15) is 36.0 Å². The normalized spacial score (nSPS) is 12.5. The molecule has 0 saturated carbocycles. The summed E-state index contributed by atoms with van der Waals surface area (Å²) in [4.78, 5) is 0. The third-order valence-corrected chi connectivity index (χ3v) is 4.45. The number of hydrogen-bond acceptors (Lipinski definition) is 3. The summed E-state index contributed by atoms with van der Waals surface area (Å²) in [6, 6.07) is 8.22. The molecular formula is C16H22N2S. The van der Waals surface area contributed by atoms with Crippen LogP contribution in [0.25, 0.3) is 0 Å². The van der Waals surface area contributed by atoms with E-state index in [0.29, 0.717) is 5.92 Å². The van der Waals surface area contributed by atoms with E-state index in [0.717, 1.165) is 25.2 Å². The third kappa shape index (κ3) is 4.08. The second kappa shape index (κ2) is 6.73. The number of nitrogen functional groups attached to an aromatic ring is 1. The van der Waals surface area contributed by atoms with E-state index in [4.69, 9.17) is 5.73 Å². The van der Waals surface area contributed by atoms with Gasteiger partial charge in [0.1, 0.15) is 0 Å². The van der Waals surface area contributed by atoms with Crippen LogP contribution in [-0.2, 0) is 6.54 Å². The summed E-state index contributed by atoms with van der Waals surface area (Å²) < 4.78 is 0. The molecule has 0 aliphatic carbocycles. The van der Waals surface area contributed by atoms with Gasteiger partial charge in [-0.2, -0.15) is 11.3 Å². The molecule has 1 heterocycles. The fourth-order valence-electron chi connectivity index (χ4n) is 2.10. The lowest BCUT2D eigenvalue weighted by Crippen LogP contribution is -2.16. The lowest BCUT2D eigenvalue weighted by Gasteiger charge is -2.12. The number of rotatable bonds is 6. The van der Waals surface area contributed by atoms with Crippen LogP contribution in [0.2, 0.25) is 0 Å². The highest BCUT2D eigenvalue weighted by atomic mass is 32.1. The summed E-state index contributed by atoms with van der Waals surface area (Å²) in [6.45, 7) is 6.46. The first-order chi connectivity index (χ1) is 9.16. The van der Waals surface area contributed by atoms with Gasteiger partial charge in [-0.15, -0.1) is 0 Å². The average Bonchev–Trinajstić information content (AvgIpc) is 2.81. The predicted octanol–water partition coefficient (Wildman–Crippen LogP) is 3.92. The van der Waals surface area contributed by atoms with Gasteiger partial charge in [0.05, 0.1) is 0 Å². The van der Waals surface area contributed by atoms with Gasteiger partial charge in [0.2, 0.25) is 0 Å². The zero-order valence-electron chi connectivity index (χ0n) is 11.6. The Labute approximate surface area is 119 Å². The Morgan fingerprint density at radius 3 is 2.58 bits per heavy atom. The Kier molecular flexibility index (Phi) is 5.00. The zero-order chi connectivity index (χ0) is 13.7. The van der Waals surface area contributed by atoms with E-state index in [2.05, 4.69) is 42.1 Å². The third-order valence-electron chi connectivity index (χ3n) is 3.54. The number of aryl methyl sites for hydroxylation is 1. The lowest BCUT2D eigenvalue weighted by molar-refractivity contribution is 0.594. The van der Waals surface area contributed by atoms with Crippen molar-refractivity contribution in [1.82, 2.24) is 5.32 Å². The molecule has 0 amide bonds. The minimum atomic E-state index is 0.566. The number of nitrogens with two attached hydrogens (primary N) is 1. The maximum Gasteiger partial charge on any atom is 0.0314 e. The van der Waals surface area contributed by atoms with Crippen molar-refractivity contribution in [2.75, 3.05) is 12.3 Å². The highest BCUT2D eigenvalue weighted by Gasteiger charge is 2.05. The maximum absolute atomic E-state index is 5.71. The molecule has 0 spiro atoms. The van der Waals surface area contributed by atoms with Gasteiger partial charge in [0, 0.05) is 12.2 Å². The Morgan fingerprint density at radius 2 is 1.95 bits per heavy atom. The first kappa shape index (κ1) is 14.1. The van der Waals surface area contributed by atoms with Gasteiger partial charge in [0.15, 0.2) is 0 Å². The van der Waals surface area contributed by atoms with Gasteiger partial charge in [-0.25, -0.2) is 0 Å². The van der Waals surface area contributed by atoms with Gasteiger partial charge in [-0.3, -0.25) is 0 Å². The van der Waals surface area contributed by atoms with Crippen molar-refractivity contribution in [1.29, 1.82) is 0 Å². The molecular weight excluding hydrogens is 252 g/mol. The zero-order valence-corrected chi connectivity index (χ0v) is 12.5. The standard InChI is InChI=1S/C16H22N2S/c1-12(14-3-5-16(17)6-4-14)7-8-18-9-15-11-19-10-13(15)2/h3-6,10-12,18H,7-9,17H2,1-2H3. The second-order valence-electron chi connectivity index (χ2n) is 5.11. The number of nitrogens with one attached hydrogen (secondary N) is 1. The summed E-state index contributed by atoms with van der Waals surface area (Å²) in [7, 11) is 0. The molecule has 0 radical (unpaired) electrons. The first-order valence-corrected chi connectivity index (χ1v) is 7.69. The number of thiophene rings is 1. The Morgan fingerprint density at radius 1 is 1.21 bits per heavy atom. The SMILES string of the molecule is Cc1cscc1CNCCC(C)c1ccc(N)cc1. The van der Waals surface area contributed by atoms with Gasteiger partial charge >= 0.3 is 0 Å². The molecule has 19 heavy (non-hydrogen) atoms. The first-order valence-electron chi connectivity index (χ1n) is 6.74. The van der Waals surface area contributed by atoms with E-state index in [9.17, 15) is 0 Å². The van der Waals surface area contributed by atoms with Crippen LogP contribution in [0.5, 0.6) is 0 Å². The highest BCUT2D eigenvalue weighted by molar-refractivity contribution is 7.08. The van der Waals surface area contributed by atoms with Crippen molar-refractivity contribution in [2.24, 2.45) is 0 Å². The van der Waals surface area contributed by atoms with Crippen LogP contribution in [0.4, 0.5) is 5.69 Å². The molecule has 1 atom stereocenters. The van der Waals surface area contributed by atoms with Gasteiger partial charge < -0.3 is 11.1 Å². The van der Waals surface area contributed by atoms with Gasteiger partial charge in [-0.1, -0.05) is 19.1 Å². The van der Waals surface area contributed by atoms with Crippen molar-refractivity contribution in [2.45, 2.75) is 32.7 Å². The molecule has 0 saturated heterocycles. The van der Waals surface area contributed by atoms with Crippen LogP contribution in [-0.4, -0.2) is 6.54 Å². The molecule has 1 aromatic carbocycles. The summed E-state index contributed by atoms with van der Waals surface area (Å²) in [6.07, 6.45) is 1.15. The average molecular weight is 274 g/mol. The molecule has 102 valence electrons. The van der Waals surface area contributed by atoms with E-state index in [1.807, 2.05) is 12.1 Å². The molecule has 3 N–H and O–H groups in total. The molecule has 0 fully saturated rings. The number of hydrogen-bond donors (Lipinski definition) is 2. The maximum atomic E-state index is 5.71. The summed E-state index contributed by atoms with van der Waals surface area (Å²) in [5.41, 5.74) is 10.7. The molecule has 1 aromatic heterocycles. The Hall–Kier alpha value is -1.32. The van der Waals surface area contributed by atoms with Crippen LogP contribution >= 0.6 is 11.3 Å². The minimum Gasteiger partial charge on any atom is -0.399 e. The fraction of sp³-hybridized carbons (Fsp3) is 0.375. The monoisotopic (exact) mass is 274 g/mol. The number of benzene rings is 1. The van der Waals surface area contributed by atoms with E-state index >= 15 is 0 Å². The van der Waals surface area contributed by atoms with E-state index in [1.165, 1.54) is 16.7 Å². The van der Waals surface area contributed by atoms with Crippen molar-refractivity contribution in [3.63, 3.8) is 0 Å². The van der Waals surface area contributed by atoms with Crippen LogP contribution < -0.4 is 11.1 Å². The molecule has 1 unspecified atom stereocenters.